The molecule has 3 heterocycles. The molecule has 8 aromatic carbocycles. The van der Waals surface area contributed by atoms with Gasteiger partial charge >= 0.3 is 0 Å². The molecule has 0 bridgehead atoms. The van der Waals surface area contributed by atoms with Crippen molar-refractivity contribution in [3.05, 3.63) is 197 Å². The van der Waals surface area contributed by atoms with Gasteiger partial charge in [0.1, 0.15) is 22.3 Å². The second-order valence-electron chi connectivity index (χ2n) is 16.8. The Hall–Kier alpha value is -6.58. The van der Waals surface area contributed by atoms with Gasteiger partial charge in [-0.05, 0) is 82.4 Å². The van der Waals surface area contributed by atoms with Gasteiger partial charge in [0.25, 0.3) is 0 Å². The van der Waals surface area contributed by atoms with E-state index in [-0.39, 0.29) is 16.7 Å². The van der Waals surface area contributed by atoms with Crippen LogP contribution in [0.5, 0.6) is 0 Å². The van der Waals surface area contributed by atoms with Crippen molar-refractivity contribution >= 4 is 71.7 Å². The Kier molecular flexibility index (Phi) is 6.24. The summed E-state index contributed by atoms with van der Waals surface area (Å²) < 4.78 is 14.4. The third kappa shape index (κ3) is 4.02. The van der Waals surface area contributed by atoms with Crippen molar-refractivity contribution < 1.29 is 8.83 Å². The lowest BCUT2D eigenvalue weighted by Crippen LogP contribution is -2.30. The van der Waals surface area contributed by atoms with Crippen LogP contribution in [0.2, 0.25) is 0 Å². The first-order valence-corrected chi connectivity index (χ1v) is 19.7. The normalized spacial score (nSPS) is 16.6. The van der Waals surface area contributed by atoms with Crippen LogP contribution in [-0.2, 0) is 10.8 Å². The first kappa shape index (κ1) is 31.7. The molecule has 268 valence electrons. The first-order valence-electron chi connectivity index (χ1n) is 19.7. The zero-order chi connectivity index (χ0) is 37.5. The second-order valence-corrected chi connectivity index (χ2v) is 16.8. The van der Waals surface area contributed by atoms with E-state index in [0.29, 0.717) is 0 Å². The Balaban J connectivity index is 1.11. The maximum absolute atomic E-state index is 7.20. The minimum atomic E-state index is -0.297. The largest absolute Gasteiger partial charge is 0.455 e. The van der Waals surface area contributed by atoms with Gasteiger partial charge in [0.2, 0.25) is 0 Å². The van der Waals surface area contributed by atoms with Crippen LogP contribution in [0.4, 0.5) is 17.1 Å². The zero-order valence-corrected chi connectivity index (χ0v) is 31.9. The van der Waals surface area contributed by atoms with Crippen molar-refractivity contribution in [3.8, 4) is 0 Å². The number of furan rings is 2. The van der Waals surface area contributed by atoms with Crippen molar-refractivity contribution in [1.29, 1.82) is 0 Å². The number of nitrogens with zero attached hydrogens (tertiary/aromatic N) is 1. The molecule has 0 N–H and O–H groups in total. The fourth-order valence-electron chi connectivity index (χ4n) is 10.6. The van der Waals surface area contributed by atoms with Gasteiger partial charge in [-0.3, -0.25) is 0 Å². The topological polar surface area (TPSA) is 29.5 Å². The highest BCUT2D eigenvalue weighted by Gasteiger charge is 2.42. The summed E-state index contributed by atoms with van der Waals surface area (Å²) in [6.45, 7) is 9.37. The molecule has 0 saturated carbocycles. The maximum atomic E-state index is 7.20. The number of anilines is 3. The lowest BCUT2D eigenvalue weighted by Gasteiger charge is -2.41. The number of fused-ring (bicyclic) bond motifs is 15. The maximum Gasteiger partial charge on any atom is 0.143 e. The molecule has 1 unspecified atom stereocenters. The highest BCUT2D eigenvalue weighted by Crippen LogP contribution is 2.56. The van der Waals surface area contributed by atoms with Gasteiger partial charge in [-0.1, -0.05) is 131 Å². The second kappa shape index (κ2) is 11.0. The number of hydrogen-bond donors (Lipinski definition) is 0. The minimum Gasteiger partial charge on any atom is -0.455 e. The fraction of sp³-hybridized carbons (Fsp3) is 0.132. The van der Waals surface area contributed by atoms with Crippen LogP contribution in [0.25, 0.3) is 54.6 Å². The average Bonchev–Trinajstić information content (AvgIpc) is 3.80. The Morgan fingerprint density at radius 1 is 0.393 bits per heavy atom. The van der Waals surface area contributed by atoms with E-state index in [9.17, 15) is 0 Å². The molecule has 2 aromatic heterocycles. The Labute approximate surface area is 325 Å². The third-order valence-electron chi connectivity index (χ3n) is 13.1. The smallest absolute Gasteiger partial charge is 0.143 e. The molecule has 0 saturated heterocycles. The van der Waals surface area contributed by atoms with Gasteiger partial charge in [-0.25, -0.2) is 0 Å². The molecule has 12 rings (SSSR count). The van der Waals surface area contributed by atoms with Crippen molar-refractivity contribution in [2.24, 2.45) is 0 Å². The zero-order valence-electron chi connectivity index (χ0n) is 31.9. The van der Waals surface area contributed by atoms with Crippen molar-refractivity contribution in [2.45, 2.75) is 44.4 Å². The van der Waals surface area contributed by atoms with Crippen LogP contribution in [0.15, 0.2) is 167 Å². The van der Waals surface area contributed by atoms with Crippen LogP contribution in [-0.4, -0.2) is 0 Å². The van der Waals surface area contributed by atoms with Gasteiger partial charge in [0.15, 0.2) is 0 Å². The van der Waals surface area contributed by atoms with Gasteiger partial charge in [-0.15, -0.1) is 0 Å². The number of hydrogen-bond acceptors (Lipinski definition) is 3. The van der Waals surface area contributed by atoms with Gasteiger partial charge in [0.05, 0.1) is 11.4 Å². The average molecular weight is 722 g/mol. The van der Waals surface area contributed by atoms with E-state index in [2.05, 4.69) is 190 Å². The molecule has 1 aliphatic heterocycles. The summed E-state index contributed by atoms with van der Waals surface area (Å²) in [5.41, 5.74) is 15.7. The molecular weight excluding hydrogens is 683 g/mol. The van der Waals surface area contributed by atoms with Gasteiger partial charge in [-0.2, -0.15) is 0 Å². The molecule has 10 aromatic rings. The highest BCUT2D eigenvalue weighted by atomic mass is 16.3. The molecule has 0 fully saturated rings. The minimum absolute atomic E-state index is 0.125. The van der Waals surface area contributed by atoms with E-state index in [1.165, 1.54) is 44.6 Å². The molecule has 3 heteroatoms. The number of para-hydroxylation sites is 2. The van der Waals surface area contributed by atoms with Gasteiger partial charge < -0.3 is 13.7 Å². The van der Waals surface area contributed by atoms with E-state index in [1.807, 2.05) is 0 Å². The highest BCUT2D eigenvalue weighted by molar-refractivity contribution is 6.23. The van der Waals surface area contributed by atoms with Crippen molar-refractivity contribution in [3.63, 3.8) is 0 Å². The predicted octanol–water partition coefficient (Wildman–Crippen LogP) is 14.6. The molecule has 56 heavy (non-hydrogen) atoms. The quantitative estimate of drug-likeness (QED) is 0.178. The lowest BCUT2D eigenvalue weighted by molar-refractivity contribution is 0.578. The van der Waals surface area contributed by atoms with Crippen LogP contribution >= 0.6 is 0 Å². The van der Waals surface area contributed by atoms with Crippen molar-refractivity contribution in [1.82, 2.24) is 0 Å². The first-order chi connectivity index (χ1) is 27.3. The summed E-state index contributed by atoms with van der Waals surface area (Å²) >= 11 is 0. The Bertz CT molecular complexity index is 3030. The predicted molar refractivity (Wildman–Crippen MR) is 231 cm³/mol. The summed E-state index contributed by atoms with van der Waals surface area (Å²) in [5, 5.41) is 6.66. The van der Waals surface area contributed by atoms with Crippen LogP contribution < -0.4 is 4.90 Å². The van der Waals surface area contributed by atoms with E-state index < -0.39 is 0 Å². The van der Waals surface area contributed by atoms with Crippen LogP contribution in [0.1, 0.15) is 72.6 Å². The van der Waals surface area contributed by atoms with Crippen molar-refractivity contribution in [2.75, 3.05) is 4.90 Å². The molecule has 0 radical (unpaired) electrons. The summed E-state index contributed by atoms with van der Waals surface area (Å²) in [6.07, 6.45) is 0. The van der Waals surface area contributed by atoms with E-state index in [0.717, 1.165) is 66.0 Å². The monoisotopic (exact) mass is 721 g/mol. The number of rotatable bonds is 2. The SMILES string of the molecule is CC1(C)c2ccccc2C(c2ccccc2)c2ccc3c(oc4c3ccc3c4ccc4c5ccc6c(c5oc43)C(C)(C)c3ccccc3N6c3ccccc3)c21. The molecule has 0 amide bonds. The molecular formula is C53H39NO2. The Morgan fingerprint density at radius 3 is 1.54 bits per heavy atom. The fourth-order valence-corrected chi connectivity index (χ4v) is 10.6. The Morgan fingerprint density at radius 2 is 0.875 bits per heavy atom. The van der Waals surface area contributed by atoms with E-state index >= 15 is 0 Å². The molecule has 1 atom stereocenters. The summed E-state index contributed by atoms with van der Waals surface area (Å²) in [5.74, 6) is 0.125. The van der Waals surface area contributed by atoms with E-state index in [1.54, 1.807) is 0 Å². The van der Waals surface area contributed by atoms with Crippen LogP contribution in [0, 0.1) is 0 Å². The molecule has 2 aliphatic rings. The molecule has 1 aliphatic carbocycles. The summed E-state index contributed by atoms with van der Waals surface area (Å²) in [7, 11) is 0. The standard InChI is InChI=1S/C53H39NO2/c1-52(2)41-20-12-11-19-39(41)45(31-15-7-5-8-16-31)40-28-27-37-35-25-23-34-33(48(35)55-50(37)46(40)52)24-26-36-38-29-30-44-47(51(38)56-49(34)36)53(3,4)42-21-13-14-22-43(42)54(44)32-17-9-6-10-18-32/h5-30,45H,1-4H3. The number of benzene rings is 8. The lowest BCUT2D eigenvalue weighted by atomic mass is 9.63. The molecule has 3 nitrogen and oxygen atoms in total. The summed E-state index contributed by atoms with van der Waals surface area (Å²) in [6, 6.07) is 57.5. The molecule has 0 spiro atoms. The van der Waals surface area contributed by atoms with Crippen LogP contribution in [0.3, 0.4) is 0 Å². The summed E-state index contributed by atoms with van der Waals surface area (Å²) in [4.78, 5) is 2.39. The van der Waals surface area contributed by atoms with E-state index in [4.69, 9.17) is 8.83 Å². The third-order valence-corrected chi connectivity index (χ3v) is 13.1. The van der Waals surface area contributed by atoms with Gasteiger partial charge in [0, 0.05) is 65.9 Å².